The molecule has 5 rings (SSSR count). The van der Waals surface area contributed by atoms with Gasteiger partial charge in [-0.25, -0.2) is 0 Å². The number of ether oxygens (including phenoxy) is 1. The molecule has 0 bridgehead atoms. The van der Waals surface area contributed by atoms with Crippen LogP contribution in [0.2, 0.25) is 0 Å². The molecule has 4 amide bonds. The van der Waals surface area contributed by atoms with Crippen LogP contribution in [0.5, 0.6) is 0 Å². The van der Waals surface area contributed by atoms with Crippen LogP contribution < -0.4 is 0 Å². The van der Waals surface area contributed by atoms with Crippen LogP contribution in [0.15, 0.2) is 61.2 Å². The molecule has 1 atom stereocenters. The number of hydrogen-bond acceptors (Lipinski definition) is 5. The smallest absolute Gasteiger partial charge is 0.261 e. The summed E-state index contributed by atoms with van der Waals surface area (Å²) in [4.78, 5) is 50.4. The lowest BCUT2D eigenvalue weighted by Gasteiger charge is -2.12. The number of unbranched alkanes of at least 4 members (excludes halogenated alkanes) is 1. The maximum atomic E-state index is 12.0. The molecule has 7 nitrogen and oxygen atoms in total. The summed E-state index contributed by atoms with van der Waals surface area (Å²) < 4.78 is 5.10. The van der Waals surface area contributed by atoms with E-state index in [1.54, 1.807) is 54.6 Å². The Bertz CT molecular complexity index is 1040. The minimum absolute atomic E-state index is 0.165. The summed E-state index contributed by atoms with van der Waals surface area (Å²) in [6.45, 7) is 5.40. The number of amides is 4. The van der Waals surface area contributed by atoms with Gasteiger partial charge in [0.1, 0.15) is 0 Å². The molecule has 2 aromatic rings. The number of carbonyl (C=O) groups excluding carboxylic acids is 4. The number of imide groups is 2. The molecular weight excluding hydrogens is 420 g/mol. The molecule has 3 aliphatic rings. The zero-order valence-electron chi connectivity index (χ0n) is 18.4. The summed E-state index contributed by atoms with van der Waals surface area (Å²) >= 11 is 0. The maximum Gasteiger partial charge on any atom is 0.261 e. The number of nitrogens with zero attached hydrogens (tertiary/aromatic N) is 2. The lowest BCUT2D eigenvalue weighted by Crippen LogP contribution is -2.30. The number of fused-ring (bicyclic) bond motifs is 2. The molecule has 1 saturated heterocycles. The third-order valence-electron chi connectivity index (χ3n) is 5.86. The third kappa shape index (κ3) is 4.78. The molecule has 0 N–H and O–H groups in total. The minimum Gasteiger partial charge on any atom is -0.373 e. The van der Waals surface area contributed by atoms with Crippen molar-refractivity contribution in [1.29, 1.82) is 0 Å². The van der Waals surface area contributed by atoms with Crippen LogP contribution in [0.1, 0.15) is 67.1 Å². The Hall–Kier alpha value is -3.58. The van der Waals surface area contributed by atoms with Crippen molar-refractivity contribution in [2.24, 2.45) is 0 Å². The Labute approximate surface area is 192 Å². The minimum atomic E-state index is -0.176. The van der Waals surface area contributed by atoms with Gasteiger partial charge in [-0.15, -0.1) is 6.58 Å². The van der Waals surface area contributed by atoms with Crippen LogP contribution in [0.3, 0.4) is 0 Å². The highest BCUT2D eigenvalue weighted by Crippen LogP contribution is 2.24. The molecule has 7 heteroatoms. The van der Waals surface area contributed by atoms with Gasteiger partial charge in [0.2, 0.25) is 0 Å². The van der Waals surface area contributed by atoms with Crippen molar-refractivity contribution in [1.82, 2.24) is 9.80 Å². The normalized spacial score (nSPS) is 18.1. The molecule has 2 aromatic carbocycles. The fraction of sp³-hybridized carbons (Fsp3) is 0.308. The first-order valence-electron chi connectivity index (χ1n) is 11.2. The van der Waals surface area contributed by atoms with Gasteiger partial charge in [-0.1, -0.05) is 30.3 Å². The van der Waals surface area contributed by atoms with E-state index in [9.17, 15) is 19.2 Å². The molecule has 0 spiro atoms. The molecule has 0 aliphatic carbocycles. The van der Waals surface area contributed by atoms with Gasteiger partial charge in [0.05, 0.1) is 35.0 Å². The third-order valence-corrected chi connectivity index (χ3v) is 5.86. The maximum absolute atomic E-state index is 12.0. The van der Waals surface area contributed by atoms with Crippen LogP contribution in [0, 0.1) is 0 Å². The first-order valence-corrected chi connectivity index (χ1v) is 11.2. The van der Waals surface area contributed by atoms with E-state index in [0.29, 0.717) is 41.4 Å². The van der Waals surface area contributed by atoms with Crippen LogP contribution in [-0.4, -0.2) is 59.2 Å². The van der Waals surface area contributed by atoms with Gasteiger partial charge in [0.15, 0.2) is 0 Å². The van der Waals surface area contributed by atoms with E-state index in [2.05, 4.69) is 6.58 Å². The largest absolute Gasteiger partial charge is 0.373 e. The average Bonchev–Trinajstić information content (AvgIpc) is 3.60. The highest BCUT2D eigenvalue weighted by molar-refractivity contribution is 6.22. The number of epoxide rings is 1. The van der Waals surface area contributed by atoms with Gasteiger partial charge >= 0.3 is 0 Å². The average molecular weight is 447 g/mol. The van der Waals surface area contributed by atoms with E-state index >= 15 is 0 Å². The second kappa shape index (κ2) is 9.92. The predicted octanol–water partition coefficient (Wildman–Crippen LogP) is 3.71. The first kappa shape index (κ1) is 22.6. The topological polar surface area (TPSA) is 87.3 Å². The molecule has 1 unspecified atom stereocenters. The Morgan fingerprint density at radius 3 is 1.52 bits per heavy atom. The van der Waals surface area contributed by atoms with E-state index in [0.717, 1.165) is 32.3 Å². The van der Waals surface area contributed by atoms with Crippen molar-refractivity contribution in [3.63, 3.8) is 0 Å². The summed E-state index contributed by atoms with van der Waals surface area (Å²) in [5.41, 5.74) is 2.09. The molecule has 0 aromatic heterocycles. The molecule has 1 fully saturated rings. The van der Waals surface area contributed by atoms with Crippen molar-refractivity contribution in [2.75, 3.05) is 19.7 Å². The Morgan fingerprint density at radius 1 is 0.758 bits per heavy atom. The fourth-order valence-electron chi connectivity index (χ4n) is 3.99. The zero-order chi connectivity index (χ0) is 23.4. The number of carbonyl (C=O) groups is 4. The summed E-state index contributed by atoms with van der Waals surface area (Å²) in [5.74, 6) is -0.682. The predicted molar refractivity (Wildman–Crippen MR) is 122 cm³/mol. The highest BCUT2D eigenvalue weighted by Gasteiger charge is 2.35. The quantitative estimate of drug-likeness (QED) is 0.267. The number of hydrogen-bond donors (Lipinski definition) is 0. The number of rotatable bonds is 8. The van der Waals surface area contributed by atoms with Gasteiger partial charge in [-0.05, 0) is 49.9 Å². The van der Waals surface area contributed by atoms with Crippen molar-refractivity contribution in [3.05, 3.63) is 83.4 Å². The van der Waals surface area contributed by atoms with Gasteiger partial charge < -0.3 is 4.74 Å². The molecule has 33 heavy (non-hydrogen) atoms. The molecule has 170 valence electrons. The first-order chi connectivity index (χ1) is 16.0. The lowest BCUT2D eigenvalue weighted by molar-refractivity contribution is 0.0636. The molecule has 0 saturated carbocycles. The van der Waals surface area contributed by atoms with Crippen LogP contribution in [-0.2, 0) is 4.74 Å². The van der Waals surface area contributed by atoms with E-state index in [4.69, 9.17) is 4.74 Å². The van der Waals surface area contributed by atoms with E-state index < -0.39 is 0 Å². The Morgan fingerprint density at radius 2 is 1.15 bits per heavy atom. The summed E-state index contributed by atoms with van der Waals surface area (Å²) in [6.07, 6.45) is 5.47. The van der Waals surface area contributed by atoms with Crippen molar-refractivity contribution in [3.8, 4) is 0 Å². The molecule has 0 radical (unpaired) electrons. The second-order valence-corrected chi connectivity index (χ2v) is 8.14. The van der Waals surface area contributed by atoms with Gasteiger partial charge in [-0.2, -0.15) is 0 Å². The molecular formula is C26H26N2O5. The van der Waals surface area contributed by atoms with Crippen LogP contribution in [0.4, 0.5) is 0 Å². The van der Waals surface area contributed by atoms with E-state index in [1.165, 1.54) is 9.80 Å². The fourth-order valence-corrected chi connectivity index (χ4v) is 3.99. The molecule has 3 heterocycles. The zero-order valence-corrected chi connectivity index (χ0v) is 18.4. The van der Waals surface area contributed by atoms with E-state index in [-0.39, 0.29) is 23.6 Å². The molecule has 3 aliphatic heterocycles. The second-order valence-electron chi connectivity index (χ2n) is 8.14. The monoisotopic (exact) mass is 446 g/mol. The number of allylic oxidation sites excluding steroid dienone is 1. The van der Waals surface area contributed by atoms with Gasteiger partial charge in [0, 0.05) is 13.1 Å². The van der Waals surface area contributed by atoms with Crippen LogP contribution in [0.25, 0.3) is 0 Å². The SMILES string of the molecule is C=CCCCN1C(=O)c2ccccc2C1=O.O=C1c2ccccc2C(=O)N1CCCC1CO1. The highest BCUT2D eigenvalue weighted by atomic mass is 16.6. The summed E-state index contributed by atoms with van der Waals surface area (Å²) in [6, 6.07) is 13.9. The van der Waals surface area contributed by atoms with Gasteiger partial charge in [0.25, 0.3) is 23.6 Å². The summed E-state index contributed by atoms with van der Waals surface area (Å²) in [5, 5.41) is 0. The summed E-state index contributed by atoms with van der Waals surface area (Å²) in [7, 11) is 0. The van der Waals surface area contributed by atoms with Gasteiger partial charge in [-0.3, -0.25) is 29.0 Å². The number of benzene rings is 2. The lowest BCUT2D eigenvalue weighted by atomic mass is 10.1. The standard InChI is InChI=1S/C13H13NO3.C13H13NO2/c15-12-10-5-1-2-6-11(10)13(16)14(12)7-3-4-9-8-17-9;1-2-3-6-9-14-12(15)10-7-4-5-8-11(10)13(14)16/h1-2,5-6,9H,3-4,7-8H2;2,4-5,7-8H,1,3,6,9H2. The van der Waals surface area contributed by atoms with Crippen molar-refractivity contribution < 1.29 is 23.9 Å². The van der Waals surface area contributed by atoms with Crippen LogP contribution >= 0.6 is 0 Å². The van der Waals surface area contributed by atoms with Crippen molar-refractivity contribution in [2.45, 2.75) is 31.8 Å². The van der Waals surface area contributed by atoms with Crippen molar-refractivity contribution >= 4 is 23.6 Å². The Balaban J connectivity index is 0.000000157. The van der Waals surface area contributed by atoms with E-state index in [1.807, 2.05) is 0 Å². The Kier molecular flexibility index (Phi) is 6.79.